The first-order valence-corrected chi connectivity index (χ1v) is 12.2. The van der Waals surface area contributed by atoms with Crippen LogP contribution in [0.3, 0.4) is 0 Å². The number of ether oxygens (including phenoxy) is 2. The van der Waals surface area contributed by atoms with Crippen LogP contribution < -0.4 is 4.74 Å². The first-order chi connectivity index (χ1) is 16.8. The van der Waals surface area contributed by atoms with E-state index in [-0.39, 0.29) is 29.7 Å². The Bertz CT molecular complexity index is 1200. The van der Waals surface area contributed by atoms with Crippen LogP contribution in [0, 0.1) is 10.1 Å². The molecule has 0 saturated carbocycles. The number of nitrogens with zero attached hydrogens (tertiary/aromatic N) is 3. The Kier molecular flexibility index (Phi) is 7.83. The van der Waals surface area contributed by atoms with Crippen LogP contribution in [0.5, 0.6) is 5.75 Å². The number of hydrogen-bond acceptors (Lipinski definition) is 8. The van der Waals surface area contributed by atoms with Crippen molar-refractivity contribution in [1.29, 1.82) is 0 Å². The molecule has 12 heteroatoms. The molecule has 2 aromatic rings. The topological polar surface area (TPSA) is 119 Å². The third-order valence-electron chi connectivity index (χ3n) is 5.33. The lowest BCUT2D eigenvalue weighted by molar-refractivity contribution is -0.384. The van der Waals surface area contributed by atoms with E-state index in [2.05, 4.69) is 15.9 Å². The second-order valence-electron chi connectivity index (χ2n) is 7.66. The van der Waals surface area contributed by atoms with Gasteiger partial charge >= 0.3 is 0 Å². The Balaban J connectivity index is 1.48. The Hall–Kier alpha value is -3.22. The number of non-ortho nitro benzene ring substituents is 1. The van der Waals surface area contributed by atoms with Crippen LogP contribution in [-0.4, -0.2) is 64.6 Å². The van der Waals surface area contributed by atoms with Crippen molar-refractivity contribution in [3.8, 4) is 5.75 Å². The van der Waals surface area contributed by atoms with Gasteiger partial charge in [0.2, 0.25) is 5.91 Å². The molecule has 4 rings (SSSR count). The summed E-state index contributed by atoms with van der Waals surface area (Å²) in [5.74, 6) is -0.378. The summed E-state index contributed by atoms with van der Waals surface area (Å²) in [7, 11) is 0. The quantitative estimate of drug-likeness (QED) is 0.284. The molecule has 2 saturated heterocycles. The third-order valence-corrected chi connectivity index (χ3v) is 6.73. The van der Waals surface area contributed by atoms with Crippen LogP contribution in [0.4, 0.5) is 10.5 Å². The van der Waals surface area contributed by atoms with Gasteiger partial charge < -0.3 is 14.4 Å². The van der Waals surface area contributed by atoms with E-state index in [4.69, 9.17) is 9.47 Å². The van der Waals surface area contributed by atoms with Crippen LogP contribution in [-0.2, 0) is 20.9 Å². The second kappa shape index (κ2) is 11.0. The van der Waals surface area contributed by atoms with Crippen molar-refractivity contribution in [2.75, 3.05) is 32.8 Å². The van der Waals surface area contributed by atoms with Gasteiger partial charge in [-0.05, 0) is 53.7 Å². The molecule has 0 atom stereocenters. The number of nitro groups is 1. The number of thioether (sulfide) groups is 1. The normalized spacial score (nSPS) is 17.2. The van der Waals surface area contributed by atoms with Gasteiger partial charge in [0.15, 0.2) is 0 Å². The van der Waals surface area contributed by atoms with Crippen LogP contribution in [0.25, 0.3) is 6.08 Å². The van der Waals surface area contributed by atoms with Crippen molar-refractivity contribution in [3.63, 3.8) is 0 Å². The molecule has 2 heterocycles. The van der Waals surface area contributed by atoms with Crippen LogP contribution >= 0.6 is 27.7 Å². The summed E-state index contributed by atoms with van der Waals surface area (Å²) in [6.45, 7) is 1.55. The Labute approximate surface area is 213 Å². The fourth-order valence-electron chi connectivity index (χ4n) is 3.46. The summed E-state index contributed by atoms with van der Waals surface area (Å²) >= 11 is 4.17. The van der Waals surface area contributed by atoms with Gasteiger partial charge in [0.1, 0.15) is 18.9 Å². The van der Waals surface area contributed by atoms with Gasteiger partial charge in [0.25, 0.3) is 16.8 Å². The molecule has 3 amide bonds. The molecule has 0 radical (unpaired) electrons. The zero-order valence-electron chi connectivity index (χ0n) is 18.3. The minimum atomic E-state index is -0.539. The average molecular weight is 562 g/mol. The van der Waals surface area contributed by atoms with Gasteiger partial charge in [-0.2, -0.15) is 0 Å². The molecule has 0 N–H and O–H groups in total. The van der Waals surface area contributed by atoms with E-state index < -0.39 is 16.1 Å². The SMILES string of the molecule is O=C(CN1C(=O)S/C(=C\c2cc(Br)ccc2OCc2ccc([N+](=O)[O-])cc2)C1=O)N1CCOCC1. The number of rotatable bonds is 7. The molecule has 0 aromatic heterocycles. The molecule has 0 unspecified atom stereocenters. The predicted octanol–water partition coefficient (Wildman–Crippen LogP) is 3.83. The second-order valence-corrected chi connectivity index (χ2v) is 9.56. The van der Waals surface area contributed by atoms with Crippen molar-refractivity contribution in [3.05, 3.63) is 73.1 Å². The largest absolute Gasteiger partial charge is 0.488 e. The van der Waals surface area contributed by atoms with Crippen molar-refractivity contribution >= 4 is 56.5 Å². The minimum Gasteiger partial charge on any atom is -0.488 e. The molecule has 10 nitrogen and oxygen atoms in total. The summed E-state index contributed by atoms with van der Waals surface area (Å²) in [6, 6.07) is 11.2. The van der Waals surface area contributed by atoms with E-state index in [0.29, 0.717) is 37.6 Å². The molecular formula is C23H20BrN3O7S. The lowest BCUT2D eigenvalue weighted by atomic mass is 10.1. The lowest BCUT2D eigenvalue weighted by Gasteiger charge is -2.28. The maximum atomic E-state index is 12.9. The number of carbonyl (C=O) groups excluding carboxylic acids is 3. The van der Waals surface area contributed by atoms with E-state index in [9.17, 15) is 24.5 Å². The molecule has 182 valence electrons. The molecular weight excluding hydrogens is 542 g/mol. The number of halogens is 1. The van der Waals surface area contributed by atoms with Gasteiger partial charge in [-0.15, -0.1) is 0 Å². The summed E-state index contributed by atoms with van der Waals surface area (Å²) in [6.07, 6.45) is 1.56. The van der Waals surface area contributed by atoms with E-state index in [1.807, 2.05) is 0 Å². The van der Waals surface area contributed by atoms with Gasteiger partial charge in [-0.1, -0.05) is 15.9 Å². The monoisotopic (exact) mass is 561 g/mol. The van der Waals surface area contributed by atoms with E-state index in [1.165, 1.54) is 12.1 Å². The van der Waals surface area contributed by atoms with Gasteiger partial charge in [-0.3, -0.25) is 29.4 Å². The molecule has 35 heavy (non-hydrogen) atoms. The number of benzene rings is 2. The Morgan fingerprint density at radius 2 is 1.89 bits per heavy atom. The van der Waals surface area contributed by atoms with Crippen molar-refractivity contribution in [2.24, 2.45) is 0 Å². The Morgan fingerprint density at radius 3 is 2.57 bits per heavy atom. The fourth-order valence-corrected chi connectivity index (χ4v) is 4.67. The zero-order valence-corrected chi connectivity index (χ0v) is 20.7. The van der Waals surface area contributed by atoms with Crippen molar-refractivity contribution in [1.82, 2.24) is 9.80 Å². The van der Waals surface area contributed by atoms with E-state index in [0.717, 1.165) is 26.7 Å². The summed E-state index contributed by atoms with van der Waals surface area (Å²) in [4.78, 5) is 51.0. The number of morpholine rings is 1. The number of carbonyl (C=O) groups is 3. The highest BCUT2D eigenvalue weighted by molar-refractivity contribution is 9.10. The number of imide groups is 1. The summed E-state index contributed by atoms with van der Waals surface area (Å²) in [5.41, 5.74) is 1.28. The van der Waals surface area contributed by atoms with Gasteiger partial charge in [0, 0.05) is 35.3 Å². The molecule has 2 fully saturated rings. The molecule has 2 aliphatic heterocycles. The summed E-state index contributed by atoms with van der Waals surface area (Å²) in [5, 5.41) is 10.3. The van der Waals surface area contributed by atoms with Gasteiger partial charge in [-0.25, -0.2) is 0 Å². The van der Waals surface area contributed by atoms with Crippen LogP contribution in [0.1, 0.15) is 11.1 Å². The minimum absolute atomic E-state index is 0.0130. The molecule has 0 bridgehead atoms. The predicted molar refractivity (Wildman–Crippen MR) is 132 cm³/mol. The molecule has 2 aromatic carbocycles. The van der Waals surface area contributed by atoms with Gasteiger partial charge in [0.05, 0.1) is 23.0 Å². The number of hydrogen-bond donors (Lipinski definition) is 0. The molecule has 0 spiro atoms. The first-order valence-electron chi connectivity index (χ1n) is 10.6. The third kappa shape index (κ3) is 6.08. The van der Waals surface area contributed by atoms with Crippen molar-refractivity contribution in [2.45, 2.75) is 6.61 Å². The van der Waals surface area contributed by atoms with Crippen LogP contribution in [0.15, 0.2) is 51.8 Å². The van der Waals surface area contributed by atoms with E-state index in [1.54, 1.807) is 41.3 Å². The number of amides is 3. The molecule has 0 aliphatic carbocycles. The first kappa shape index (κ1) is 24.9. The molecule has 2 aliphatic rings. The summed E-state index contributed by atoms with van der Waals surface area (Å²) < 4.78 is 11.9. The highest BCUT2D eigenvalue weighted by Gasteiger charge is 2.37. The van der Waals surface area contributed by atoms with Crippen LogP contribution in [0.2, 0.25) is 0 Å². The highest BCUT2D eigenvalue weighted by Crippen LogP contribution is 2.35. The standard InChI is InChI=1S/C23H20BrN3O7S/c24-17-3-6-19(34-14-15-1-4-18(5-2-15)27(31)32)16(11-17)12-20-22(29)26(23(30)35-20)13-21(28)25-7-9-33-10-8-25/h1-6,11-12H,7-10,13-14H2/b20-12-. The highest BCUT2D eigenvalue weighted by atomic mass is 79.9. The van der Waals surface area contributed by atoms with Crippen molar-refractivity contribution < 1.29 is 28.8 Å². The fraction of sp³-hybridized carbons (Fsp3) is 0.261. The maximum absolute atomic E-state index is 12.9. The Morgan fingerprint density at radius 1 is 1.17 bits per heavy atom. The van der Waals surface area contributed by atoms with E-state index >= 15 is 0 Å². The number of nitro benzene ring substituents is 1. The lowest BCUT2D eigenvalue weighted by Crippen LogP contribution is -2.46. The average Bonchev–Trinajstić information content (AvgIpc) is 3.11. The zero-order chi connectivity index (χ0) is 24.9. The maximum Gasteiger partial charge on any atom is 0.294 e. The smallest absolute Gasteiger partial charge is 0.294 e.